The van der Waals surface area contributed by atoms with Crippen LogP contribution in [0.25, 0.3) is 17.2 Å². The number of ether oxygens (including phenoxy) is 2. The van der Waals surface area contributed by atoms with E-state index in [-0.39, 0.29) is 18.3 Å². The van der Waals surface area contributed by atoms with Crippen molar-refractivity contribution in [3.8, 4) is 16.9 Å². The van der Waals surface area contributed by atoms with Crippen LogP contribution in [0.4, 0.5) is 18.0 Å². The Hall–Kier alpha value is -3.26. The van der Waals surface area contributed by atoms with Gasteiger partial charge in [0, 0.05) is 16.9 Å². The molecule has 4 rings (SSSR count). The Bertz CT molecular complexity index is 1160. The number of carbonyl (C=O) groups excluding carboxylic acids is 1. The van der Waals surface area contributed by atoms with Crippen molar-refractivity contribution in [2.45, 2.75) is 18.7 Å². The summed E-state index contributed by atoms with van der Waals surface area (Å²) in [7, 11) is 0. The molecule has 0 saturated heterocycles. The molecule has 1 N–H and O–H groups in total. The molecule has 0 spiro atoms. The predicted octanol–water partition coefficient (Wildman–Crippen LogP) is 7.29. The second-order valence-corrected chi connectivity index (χ2v) is 8.53. The zero-order valence-corrected chi connectivity index (χ0v) is 19.5. The van der Waals surface area contributed by atoms with Crippen molar-refractivity contribution in [3.63, 3.8) is 0 Å². The Labute approximate surface area is 203 Å². The number of fused-ring (bicyclic) bond motifs is 3. The summed E-state index contributed by atoms with van der Waals surface area (Å²) in [4.78, 5) is 12.2. The van der Waals surface area contributed by atoms with E-state index in [0.29, 0.717) is 23.0 Å². The second kappa shape index (κ2) is 10.3. The van der Waals surface area contributed by atoms with E-state index in [9.17, 15) is 18.0 Å². The van der Waals surface area contributed by atoms with Gasteiger partial charge in [0.25, 0.3) is 0 Å². The minimum absolute atomic E-state index is 0.000284. The highest BCUT2D eigenvalue weighted by atomic mass is 79.9. The van der Waals surface area contributed by atoms with Gasteiger partial charge in [0.05, 0.1) is 0 Å². The van der Waals surface area contributed by atoms with Gasteiger partial charge >= 0.3 is 12.5 Å². The monoisotopic (exact) mass is 531 g/mol. The molecule has 0 saturated carbocycles. The van der Waals surface area contributed by atoms with Gasteiger partial charge in [-0.05, 0) is 46.4 Å². The molecule has 176 valence electrons. The molecule has 0 aromatic heterocycles. The molecular weight excluding hydrogens is 511 g/mol. The summed E-state index contributed by atoms with van der Waals surface area (Å²) >= 11 is 3.23. The zero-order chi connectivity index (χ0) is 24.1. The molecule has 1 amide bonds. The van der Waals surface area contributed by atoms with E-state index >= 15 is 0 Å². The van der Waals surface area contributed by atoms with Gasteiger partial charge in [0.1, 0.15) is 12.4 Å². The van der Waals surface area contributed by atoms with Crippen LogP contribution in [0.3, 0.4) is 0 Å². The summed E-state index contributed by atoms with van der Waals surface area (Å²) in [6.45, 7) is 0.606. The Balaban J connectivity index is 1.25. The van der Waals surface area contributed by atoms with E-state index < -0.39 is 12.5 Å². The van der Waals surface area contributed by atoms with Crippen molar-refractivity contribution in [1.29, 1.82) is 0 Å². The van der Waals surface area contributed by atoms with E-state index in [1.165, 1.54) is 29.3 Å². The van der Waals surface area contributed by atoms with E-state index in [2.05, 4.69) is 50.2 Å². The fourth-order valence-corrected chi connectivity index (χ4v) is 4.45. The Morgan fingerprint density at radius 2 is 1.65 bits per heavy atom. The number of amides is 1. The molecule has 3 aromatic rings. The van der Waals surface area contributed by atoms with E-state index in [0.717, 1.165) is 11.1 Å². The lowest BCUT2D eigenvalue weighted by atomic mass is 9.98. The number of alkyl carbamates (subject to hydrolysis) is 1. The molecule has 0 heterocycles. The van der Waals surface area contributed by atoms with Crippen LogP contribution in [0, 0.1) is 0 Å². The molecule has 34 heavy (non-hydrogen) atoms. The lowest BCUT2D eigenvalue weighted by Crippen LogP contribution is -2.26. The number of benzene rings is 3. The maximum absolute atomic E-state index is 12.3. The minimum atomic E-state index is -4.73. The number of carbonyl (C=O) groups is 1. The van der Waals surface area contributed by atoms with Crippen LogP contribution in [-0.4, -0.2) is 25.6 Å². The highest BCUT2D eigenvalue weighted by molar-refractivity contribution is 9.10. The van der Waals surface area contributed by atoms with Crippen molar-refractivity contribution in [3.05, 3.63) is 94.0 Å². The first-order valence-electron chi connectivity index (χ1n) is 10.6. The number of hydrogen-bond acceptors (Lipinski definition) is 3. The molecular formula is C26H21BrF3NO3. The molecule has 1 aliphatic rings. The summed E-state index contributed by atoms with van der Waals surface area (Å²) in [6.07, 6.45) is -1.14. The number of nitrogens with one attached hydrogen (secondary N) is 1. The van der Waals surface area contributed by atoms with Crippen molar-refractivity contribution in [1.82, 2.24) is 5.32 Å². The predicted molar refractivity (Wildman–Crippen MR) is 128 cm³/mol. The molecule has 1 aliphatic carbocycles. The van der Waals surface area contributed by atoms with Gasteiger partial charge in [-0.2, -0.15) is 0 Å². The normalized spacial score (nSPS) is 12.9. The number of alkyl halides is 3. The van der Waals surface area contributed by atoms with E-state index in [4.69, 9.17) is 4.74 Å². The lowest BCUT2D eigenvalue weighted by Gasteiger charge is -2.14. The Morgan fingerprint density at radius 3 is 2.26 bits per heavy atom. The topological polar surface area (TPSA) is 47.6 Å². The molecule has 0 fully saturated rings. The van der Waals surface area contributed by atoms with Gasteiger partial charge in [-0.15, -0.1) is 13.2 Å². The first-order chi connectivity index (χ1) is 16.3. The van der Waals surface area contributed by atoms with Gasteiger partial charge < -0.3 is 14.8 Å². The maximum Gasteiger partial charge on any atom is 0.573 e. The lowest BCUT2D eigenvalue weighted by molar-refractivity contribution is -0.274. The van der Waals surface area contributed by atoms with Crippen LogP contribution < -0.4 is 10.1 Å². The largest absolute Gasteiger partial charge is 0.573 e. The fraction of sp³-hybridized carbons (Fsp3) is 0.192. The molecule has 0 unspecified atom stereocenters. The van der Waals surface area contributed by atoms with Crippen LogP contribution in [0.2, 0.25) is 0 Å². The van der Waals surface area contributed by atoms with Crippen LogP contribution >= 0.6 is 15.9 Å². The maximum atomic E-state index is 12.3. The number of halogens is 4. The SMILES string of the molecule is O=C(NCCC=Cc1ccc(OC(F)(F)F)cc1Br)OCC1c2ccccc2-c2ccccc21. The first-order valence-corrected chi connectivity index (χ1v) is 11.4. The molecule has 3 aromatic carbocycles. The molecule has 4 nitrogen and oxygen atoms in total. The molecule has 0 radical (unpaired) electrons. The number of hydrogen-bond donors (Lipinski definition) is 1. The Morgan fingerprint density at radius 1 is 1.00 bits per heavy atom. The summed E-state index contributed by atoms with van der Waals surface area (Å²) < 4.78 is 46.8. The third-order valence-corrected chi connectivity index (χ3v) is 6.11. The van der Waals surface area contributed by atoms with Crippen molar-refractivity contribution in [2.24, 2.45) is 0 Å². The summed E-state index contributed by atoms with van der Waals surface area (Å²) in [5, 5.41) is 2.72. The third-order valence-electron chi connectivity index (χ3n) is 5.43. The van der Waals surface area contributed by atoms with Crippen LogP contribution in [-0.2, 0) is 4.74 Å². The van der Waals surface area contributed by atoms with E-state index in [1.807, 2.05) is 30.3 Å². The highest BCUT2D eigenvalue weighted by Crippen LogP contribution is 2.44. The Kier molecular flexibility index (Phi) is 7.26. The van der Waals surface area contributed by atoms with Crippen LogP contribution in [0.5, 0.6) is 5.75 Å². The summed E-state index contributed by atoms with van der Waals surface area (Å²) in [6, 6.07) is 20.3. The first kappa shape index (κ1) is 23.9. The van der Waals surface area contributed by atoms with Gasteiger partial charge in [-0.25, -0.2) is 4.79 Å². The van der Waals surface area contributed by atoms with Gasteiger partial charge in [0.15, 0.2) is 0 Å². The zero-order valence-electron chi connectivity index (χ0n) is 17.9. The van der Waals surface area contributed by atoms with E-state index in [1.54, 1.807) is 6.08 Å². The molecule has 0 bridgehead atoms. The van der Waals surface area contributed by atoms with Gasteiger partial charge in [-0.1, -0.05) is 82.7 Å². The molecule has 0 atom stereocenters. The summed E-state index contributed by atoms with van der Waals surface area (Å²) in [5.41, 5.74) is 5.33. The second-order valence-electron chi connectivity index (χ2n) is 7.67. The molecule has 8 heteroatoms. The highest BCUT2D eigenvalue weighted by Gasteiger charge is 2.31. The van der Waals surface area contributed by atoms with Crippen molar-refractivity contribution in [2.75, 3.05) is 13.2 Å². The third kappa shape index (κ3) is 5.80. The van der Waals surface area contributed by atoms with Crippen LogP contribution in [0.15, 0.2) is 77.3 Å². The van der Waals surface area contributed by atoms with Crippen molar-refractivity contribution >= 4 is 28.1 Å². The average molecular weight is 532 g/mol. The van der Waals surface area contributed by atoms with Gasteiger partial charge in [0.2, 0.25) is 0 Å². The average Bonchev–Trinajstić information content (AvgIpc) is 3.11. The smallest absolute Gasteiger partial charge is 0.449 e. The van der Waals surface area contributed by atoms with Crippen LogP contribution in [0.1, 0.15) is 29.0 Å². The standard InChI is InChI=1S/C26H21BrF3NO3/c27-24-15-18(34-26(28,29)30)13-12-17(24)7-5-6-14-31-25(32)33-16-23-21-10-3-1-8-19(21)20-9-2-4-11-22(20)23/h1-5,7-13,15,23H,6,14,16H2,(H,31,32). The fourth-order valence-electron chi connectivity index (χ4n) is 3.96. The van der Waals surface area contributed by atoms with Gasteiger partial charge in [-0.3, -0.25) is 0 Å². The summed E-state index contributed by atoms with van der Waals surface area (Å²) in [5.74, 6) is -0.298. The molecule has 0 aliphatic heterocycles. The quantitative estimate of drug-likeness (QED) is 0.325. The minimum Gasteiger partial charge on any atom is -0.449 e. The number of rotatable bonds is 7. The van der Waals surface area contributed by atoms with Crippen molar-refractivity contribution < 1.29 is 27.4 Å².